The molecule has 3 nitrogen and oxygen atoms in total. The maximum absolute atomic E-state index is 6.01. The summed E-state index contributed by atoms with van der Waals surface area (Å²) in [5.74, 6) is 1.45. The van der Waals surface area contributed by atoms with Gasteiger partial charge in [0.25, 0.3) is 0 Å². The summed E-state index contributed by atoms with van der Waals surface area (Å²) < 4.78 is 6.01. The Labute approximate surface area is 126 Å². The van der Waals surface area contributed by atoms with Gasteiger partial charge in [-0.3, -0.25) is 0 Å². The third-order valence-corrected chi connectivity index (χ3v) is 4.04. The van der Waals surface area contributed by atoms with Gasteiger partial charge in [-0.2, -0.15) is 0 Å². The number of nitrogens with one attached hydrogen (secondary N) is 1. The summed E-state index contributed by atoms with van der Waals surface area (Å²) in [5, 5.41) is 3.28. The summed E-state index contributed by atoms with van der Waals surface area (Å²) in [6.45, 7) is 4.59. The van der Waals surface area contributed by atoms with Crippen molar-refractivity contribution < 1.29 is 4.74 Å². The monoisotopic (exact) mass is 282 g/mol. The van der Waals surface area contributed by atoms with E-state index in [0.717, 1.165) is 22.8 Å². The Morgan fingerprint density at radius 3 is 2.71 bits per heavy atom. The predicted octanol–water partition coefficient (Wildman–Crippen LogP) is 4.20. The van der Waals surface area contributed by atoms with Gasteiger partial charge in [0.1, 0.15) is 6.61 Å². The van der Waals surface area contributed by atoms with E-state index in [-0.39, 0.29) is 0 Å². The lowest BCUT2D eigenvalue weighted by molar-refractivity contribution is 0.290. The van der Waals surface area contributed by atoms with Gasteiger partial charge in [0.05, 0.1) is 0 Å². The summed E-state index contributed by atoms with van der Waals surface area (Å²) in [7, 11) is 1.96. The Hall–Kier alpha value is -2.03. The molecule has 1 N–H and O–H groups in total. The first-order valence-electron chi connectivity index (χ1n) is 7.55. The SMILES string of the molecule is CNc1cccc(C2CC2)c1COc1nc(C)ccc1C. The second-order valence-electron chi connectivity index (χ2n) is 5.76. The molecule has 0 saturated heterocycles. The zero-order valence-electron chi connectivity index (χ0n) is 12.9. The van der Waals surface area contributed by atoms with Gasteiger partial charge in [0, 0.05) is 29.6 Å². The maximum atomic E-state index is 6.01. The van der Waals surface area contributed by atoms with Gasteiger partial charge in [-0.05, 0) is 50.3 Å². The Kier molecular flexibility index (Phi) is 3.82. The lowest BCUT2D eigenvalue weighted by Gasteiger charge is -2.16. The molecule has 0 spiro atoms. The summed E-state index contributed by atoms with van der Waals surface area (Å²) in [6.07, 6.45) is 2.59. The van der Waals surface area contributed by atoms with E-state index in [1.165, 1.54) is 24.0 Å². The molecular formula is C18H22N2O. The summed E-state index contributed by atoms with van der Waals surface area (Å²) in [5.41, 5.74) is 5.91. The van der Waals surface area contributed by atoms with Gasteiger partial charge in [-0.25, -0.2) is 4.98 Å². The summed E-state index contributed by atoms with van der Waals surface area (Å²) >= 11 is 0. The molecule has 0 bridgehead atoms. The van der Waals surface area contributed by atoms with Crippen molar-refractivity contribution in [3.05, 3.63) is 52.7 Å². The van der Waals surface area contributed by atoms with E-state index in [1.807, 2.05) is 27.0 Å². The van der Waals surface area contributed by atoms with Crippen LogP contribution < -0.4 is 10.1 Å². The zero-order valence-corrected chi connectivity index (χ0v) is 12.9. The first-order valence-corrected chi connectivity index (χ1v) is 7.55. The van der Waals surface area contributed by atoms with Crippen LogP contribution in [0, 0.1) is 13.8 Å². The molecule has 1 fully saturated rings. The van der Waals surface area contributed by atoms with E-state index in [0.29, 0.717) is 12.5 Å². The van der Waals surface area contributed by atoms with Gasteiger partial charge in [-0.15, -0.1) is 0 Å². The normalized spacial score (nSPS) is 14.0. The van der Waals surface area contributed by atoms with Crippen LogP contribution in [-0.4, -0.2) is 12.0 Å². The molecule has 21 heavy (non-hydrogen) atoms. The largest absolute Gasteiger partial charge is 0.473 e. The predicted molar refractivity (Wildman–Crippen MR) is 86.0 cm³/mol. The van der Waals surface area contributed by atoms with Gasteiger partial charge in [-0.1, -0.05) is 18.2 Å². The highest BCUT2D eigenvalue weighted by atomic mass is 16.5. The lowest BCUT2D eigenvalue weighted by atomic mass is 10.0. The zero-order chi connectivity index (χ0) is 14.8. The minimum absolute atomic E-state index is 0.570. The molecule has 0 unspecified atom stereocenters. The van der Waals surface area contributed by atoms with Crippen LogP contribution in [0.3, 0.4) is 0 Å². The summed E-state index contributed by atoms with van der Waals surface area (Å²) in [6, 6.07) is 10.5. The molecule has 1 aliphatic carbocycles. The Morgan fingerprint density at radius 1 is 1.19 bits per heavy atom. The molecule has 1 aliphatic rings. The Bertz CT molecular complexity index is 648. The van der Waals surface area contributed by atoms with E-state index in [4.69, 9.17) is 4.74 Å². The minimum Gasteiger partial charge on any atom is -0.473 e. The molecule has 0 atom stereocenters. The molecule has 1 saturated carbocycles. The van der Waals surface area contributed by atoms with Crippen molar-refractivity contribution in [3.8, 4) is 5.88 Å². The maximum Gasteiger partial charge on any atom is 0.216 e. The molecule has 1 aromatic carbocycles. The van der Waals surface area contributed by atoms with Crippen molar-refractivity contribution in [2.45, 2.75) is 39.2 Å². The fourth-order valence-electron chi connectivity index (χ4n) is 2.67. The van der Waals surface area contributed by atoms with Gasteiger partial charge in [0.15, 0.2) is 0 Å². The van der Waals surface area contributed by atoms with Crippen LogP contribution in [0.15, 0.2) is 30.3 Å². The van der Waals surface area contributed by atoms with Gasteiger partial charge in [0.2, 0.25) is 5.88 Å². The van der Waals surface area contributed by atoms with Crippen molar-refractivity contribution in [1.82, 2.24) is 4.98 Å². The fourth-order valence-corrected chi connectivity index (χ4v) is 2.67. The van der Waals surface area contributed by atoms with Crippen LogP contribution in [0.4, 0.5) is 5.69 Å². The average Bonchev–Trinajstić information content (AvgIpc) is 3.32. The quantitative estimate of drug-likeness (QED) is 0.892. The van der Waals surface area contributed by atoms with E-state index in [1.54, 1.807) is 0 Å². The van der Waals surface area contributed by atoms with Crippen molar-refractivity contribution in [2.24, 2.45) is 0 Å². The van der Waals surface area contributed by atoms with Crippen molar-refractivity contribution >= 4 is 5.69 Å². The smallest absolute Gasteiger partial charge is 0.216 e. The number of benzene rings is 1. The lowest BCUT2D eigenvalue weighted by Crippen LogP contribution is -2.06. The molecule has 1 heterocycles. The van der Waals surface area contributed by atoms with Crippen LogP contribution in [0.2, 0.25) is 0 Å². The van der Waals surface area contributed by atoms with Crippen LogP contribution in [0.25, 0.3) is 0 Å². The third-order valence-electron chi connectivity index (χ3n) is 4.04. The van der Waals surface area contributed by atoms with Crippen LogP contribution >= 0.6 is 0 Å². The fraction of sp³-hybridized carbons (Fsp3) is 0.389. The topological polar surface area (TPSA) is 34.1 Å². The van der Waals surface area contributed by atoms with Crippen molar-refractivity contribution in [1.29, 1.82) is 0 Å². The number of anilines is 1. The third kappa shape index (κ3) is 3.02. The number of hydrogen-bond acceptors (Lipinski definition) is 3. The number of pyridine rings is 1. The van der Waals surface area contributed by atoms with Gasteiger partial charge < -0.3 is 10.1 Å². The molecule has 1 aromatic heterocycles. The number of ether oxygens (including phenoxy) is 1. The van der Waals surface area contributed by atoms with E-state index in [9.17, 15) is 0 Å². The Morgan fingerprint density at radius 2 is 2.00 bits per heavy atom. The molecule has 0 amide bonds. The second kappa shape index (κ2) is 5.76. The molecule has 110 valence electrons. The molecule has 3 rings (SSSR count). The van der Waals surface area contributed by atoms with E-state index in [2.05, 4.69) is 34.6 Å². The molecule has 2 aromatic rings. The van der Waals surface area contributed by atoms with E-state index < -0.39 is 0 Å². The second-order valence-corrected chi connectivity index (χ2v) is 5.76. The highest BCUT2D eigenvalue weighted by Gasteiger charge is 2.27. The number of nitrogens with zero attached hydrogens (tertiary/aromatic N) is 1. The molecule has 0 aliphatic heterocycles. The first-order chi connectivity index (χ1) is 10.2. The number of rotatable bonds is 5. The highest BCUT2D eigenvalue weighted by molar-refractivity contribution is 5.56. The standard InChI is InChI=1S/C18H22N2O/c1-12-7-8-13(2)20-18(12)21-11-16-15(14-9-10-14)5-4-6-17(16)19-3/h4-8,14,19H,9-11H2,1-3H3. The van der Waals surface area contributed by atoms with Crippen molar-refractivity contribution in [3.63, 3.8) is 0 Å². The van der Waals surface area contributed by atoms with Crippen LogP contribution in [-0.2, 0) is 6.61 Å². The van der Waals surface area contributed by atoms with Crippen molar-refractivity contribution in [2.75, 3.05) is 12.4 Å². The van der Waals surface area contributed by atoms with E-state index >= 15 is 0 Å². The number of hydrogen-bond donors (Lipinski definition) is 1. The number of aromatic nitrogens is 1. The van der Waals surface area contributed by atoms with Crippen LogP contribution in [0.5, 0.6) is 5.88 Å². The molecule has 3 heteroatoms. The van der Waals surface area contributed by atoms with Gasteiger partial charge >= 0.3 is 0 Å². The first kappa shape index (κ1) is 13.9. The average molecular weight is 282 g/mol. The summed E-state index contributed by atoms with van der Waals surface area (Å²) in [4.78, 5) is 4.49. The Balaban J connectivity index is 1.85. The number of aryl methyl sites for hydroxylation is 2. The molecular weight excluding hydrogens is 260 g/mol. The minimum atomic E-state index is 0.570. The van der Waals surface area contributed by atoms with Crippen LogP contribution in [0.1, 0.15) is 41.1 Å². The highest BCUT2D eigenvalue weighted by Crippen LogP contribution is 2.43. The molecule has 0 radical (unpaired) electrons.